The van der Waals surface area contributed by atoms with Crippen LogP contribution in [0.1, 0.15) is 27.9 Å². The summed E-state index contributed by atoms with van der Waals surface area (Å²) in [6.45, 7) is 3.50. The third-order valence-electron chi connectivity index (χ3n) is 6.28. The van der Waals surface area contributed by atoms with Gasteiger partial charge in [-0.15, -0.1) is 0 Å². The van der Waals surface area contributed by atoms with Crippen LogP contribution in [0, 0.1) is 0 Å². The van der Waals surface area contributed by atoms with Crippen LogP contribution in [0.25, 0.3) is 0 Å². The number of rotatable bonds is 5. The number of nitrogens with zero attached hydrogens (tertiary/aromatic N) is 3. The van der Waals surface area contributed by atoms with Crippen LogP contribution in [0.3, 0.4) is 0 Å². The first kappa shape index (κ1) is 22.3. The van der Waals surface area contributed by atoms with E-state index in [1.807, 2.05) is 23.1 Å². The van der Waals surface area contributed by atoms with E-state index in [1.165, 1.54) is 17.7 Å². The Balaban J connectivity index is 1.28. The SMILES string of the molecule is O=C(c1ccc(C(F)(F)F)cc1)N1CCN(C2CCN(CCc3ccccc3)C2=O)CC1. The van der Waals surface area contributed by atoms with Gasteiger partial charge >= 0.3 is 6.18 Å². The lowest BCUT2D eigenvalue weighted by Gasteiger charge is -2.37. The smallest absolute Gasteiger partial charge is 0.341 e. The minimum Gasteiger partial charge on any atom is -0.341 e. The van der Waals surface area contributed by atoms with Gasteiger partial charge in [0.15, 0.2) is 0 Å². The van der Waals surface area contributed by atoms with E-state index in [2.05, 4.69) is 17.0 Å². The van der Waals surface area contributed by atoms with Crippen molar-refractivity contribution in [1.29, 1.82) is 0 Å². The fourth-order valence-electron chi connectivity index (χ4n) is 4.41. The van der Waals surface area contributed by atoms with E-state index in [1.54, 1.807) is 4.90 Å². The maximum atomic E-state index is 12.9. The summed E-state index contributed by atoms with van der Waals surface area (Å²) in [6, 6.07) is 14.2. The Labute approximate surface area is 185 Å². The molecule has 2 heterocycles. The van der Waals surface area contributed by atoms with Crippen molar-refractivity contribution in [3.05, 3.63) is 71.3 Å². The molecule has 0 spiro atoms. The number of halogens is 3. The molecule has 2 saturated heterocycles. The van der Waals surface area contributed by atoms with Gasteiger partial charge in [0.25, 0.3) is 5.91 Å². The van der Waals surface area contributed by atoms with Gasteiger partial charge in [0.2, 0.25) is 5.91 Å². The summed E-state index contributed by atoms with van der Waals surface area (Å²) >= 11 is 0. The minimum atomic E-state index is -4.42. The molecule has 32 heavy (non-hydrogen) atoms. The first-order chi connectivity index (χ1) is 15.3. The van der Waals surface area contributed by atoms with Crippen molar-refractivity contribution >= 4 is 11.8 Å². The van der Waals surface area contributed by atoms with Crippen LogP contribution in [0.15, 0.2) is 54.6 Å². The molecule has 2 amide bonds. The van der Waals surface area contributed by atoms with Crippen molar-refractivity contribution in [3.8, 4) is 0 Å². The fraction of sp³-hybridized carbons (Fsp3) is 0.417. The quantitative estimate of drug-likeness (QED) is 0.710. The van der Waals surface area contributed by atoms with Crippen LogP contribution in [0.5, 0.6) is 0 Å². The monoisotopic (exact) mass is 445 g/mol. The zero-order valence-electron chi connectivity index (χ0n) is 17.7. The van der Waals surface area contributed by atoms with Crippen molar-refractivity contribution < 1.29 is 22.8 Å². The molecule has 4 rings (SSSR count). The number of piperazine rings is 1. The summed E-state index contributed by atoms with van der Waals surface area (Å²) in [5, 5.41) is 0. The zero-order valence-corrected chi connectivity index (χ0v) is 17.7. The Morgan fingerprint density at radius 1 is 0.906 bits per heavy atom. The predicted octanol–water partition coefficient (Wildman–Crippen LogP) is 3.31. The van der Waals surface area contributed by atoms with Gasteiger partial charge in [-0.05, 0) is 42.7 Å². The summed E-state index contributed by atoms with van der Waals surface area (Å²) in [5.74, 6) is -0.135. The highest BCUT2D eigenvalue weighted by Crippen LogP contribution is 2.29. The number of carbonyl (C=O) groups is 2. The molecule has 2 fully saturated rings. The molecule has 8 heteroatoms. The molecule has 2 aromatic carbocycles. The third-order valence-corrected chi connectivity index (χ3v) is 6.28. The molecule has 2 aliphatic heterocycles. The summed E-state index contributed by atoms with van der Waals surface area (Å²) < 4.78 is 38.2. The van der Waals surface area contributed by atoms with E-state index in [4.69, 9.17) is 0 Å². The summed E-state index contributed by atoms with van der Waals surface area (Å²) in [4.78, 5) is 31.2. The van der Waals surface area contributed by atoms with Crippen molar-refractivity contribution in [3.63, 3.8) is 0 Å². The number of likely N-dealkylation sites (tertiary alicyclic amines) is 1. The highest BCUT2D eigenvalue weighted by Gasteiger charge is 2.37. The first-order valence-corrected chi connectivity index (χ1v) is 10.9. The van der Waals surface area contributed by atoms with Gasteiger partial charge in [-0.25, -0.2) is 0 Å². The molecule has 0 aliphatic carbocycles. The fourth-order valence-corrected chi connectivity index (χ4v) is 4.41. The lowest BCUT2D eigenvalue weighted by molar-refractivity contribution is -0.137. The molecule has 2 aromatic rings. The first-order valence-electron chi connectivity index (χ1n) is 10.9. The maximum Gasteiger partial charge on any atom is 0.416 e. The van der Waals surface area contributed by atoms with Crippen LogP contribution < -0.4 is 0 Å². The Bertz CT molecular complexity index is 939. The summed E-state index contributed by atoms with van der Waals surface area (Å²) in [7, 11) is 0. The number of carbonyl (C=O) groups excluding carboxylic acids is 2. The van der Waals surface area contributed by atoms with Gasteiger partial charge in [-0.3, -0.25) is 14.5 Å². The standard InChI is InChI=1S/C24H26F3N3O2/c25-24(26,27)20-8-6-19(7-9-20)22(31)30-16-14-28(15-17-30)21-11-13-29(23(21)32)12-10-18-4-2-1-3-5-18/h1-9,21H,10-17H2. The van der Waals surface area contributed by atoms with E-state index in [-0.39, 0.29) is 23.4 Å². The molecule has 1 atom stereocenters. The molecule has 2 aliphatic rings. The van der Waals surface area contributed by atoms with Crippen molar-refractivity contribution in [2.75, 3.05) is 39.3 Å². The number of alkyl halides is 3. The van der Waals surface area contributed by atoms with Gasteiger partial charge in [0.05, 0.1) is 11.6 Å². The number of benzene rings is 2. The number of hydrogen-bond acceptors (Lipinski definition) is 3. The lowest BCUT2D eigenvalue weighted by atomic mass is 10.1. The van der Waals surface area contributed by atoms with Gasteiger partial charge in [-0.1, -0.05) is 30.3 Å². The molecular weight excluding hydrogens is 419 g/mol. The zero-order chi connectivity index (χ0) is 22.7. The lowest BCUT2D eigenvalue weighted by Crippen LogP contribution is -2.53. The molecule has 0 aromatic heterocycles. The van der Waals surface area contributed by atoms with E-state index in [9.17, 15) is 22.8 Å². The average Bonchev–Trinajstić information content (AvgIpc) is 3.17. The van der Waals surface area contributed by atoms with Crippen LogP contribution in [0.2, 0.25) is 0 Å². The third kappa shape index (κ3) is 4.96. The van der Waals surface area contributed by atoms with Gasteiger partial charge in [0, 0.05) is 44.8 Å². The van der Waals surface area contributed by atoms with E-state index < -0.39 is 11.7 Å². The van der Waals surface area contributed by atoms with Crippen LogP contribution >= 0.6 is 0 Å². The predicted molar refractivity (Wildman–Crippen MR) is 114 cm³/mol. The molecule has 0 bridgehead atoms. The summed E-state index contributed by atoms with van der Waals surface area (Å²) in [6.07, 6.45) is -2.81. The summed E-state index contributed by atoms with van der Waals surface area (Å²) in [5.41, 5.74) is 0.685. The normalized spacial score (nSPS) is 20.1. The molecule has 5 nitrogen and oxygen atoms in total. The maximum absolute atomic E-state index is 12.9. The largest absolute Gasteiger partial charge is 0.416 e. The minimum absolute atomic E-state index is 0.142. The Kier molecular flexibility index (Phi) is 6.50. The van der Waals surface area contributed by atoms with Crippen LogP contribution in [-0.2, 0) is 17.4 Å². The van der Waals surface area contributed by atoms with E-state index in [0.717, 1.165) is 31.5 Å². The average molecular weight is 445 g/mol. The van der Waals surface area contributed by atoms with Crippen LogP contribution in [-0.4, -0.2) is 71.8 Å². The number of amides is 2. The molecule has 0 N–H and O–H groups in total. The van der Waals surface area contributed by atoms with Gasteiger partial charge < -0.3 is 9.80 Å². The highest BCUT2D eigenvalue weighted by molar-refractivity contribution is 5.94. The second-order valence-corrected chi connectivity index (χ2v) is 8.27. The molecule has 0 radical (unpaired) electrons. The second kappa shape index (κ2) is 9.32. The molecular formula is C24H26F3N3O2. The van der Waals surface area contributed by atoms with Crippen molar-refractivity contribution in [2.45, 2.75) is 25.1 Å². The Morgan fingerprint density at radius 2 is 1.56 bits per heavy atom. The topological polar surface area (TPSA) is 43.9 Å². The molecule has 170 valence electrons. The second-order valence-electron chi connectivity index (χ2n) is 8.27. The number of hydrogen-bond donors (Lipinski definition) is 0. The van der Waals surface area contributed by atoms with E-state index in [0.29, 0.717) is 32.7 Å². The van der Waals surface area contributed by atoms with Gasteiger partial charge in [-0.2, -0.15) is 13.2 Å². The molecule has 0 saturated carbocycles. The van der Waals surface area contributed by atoms with Crippen molar-refractivity contribution in [1.82, 2.24) is 14.7 Å². The van der Waals surface area contributed by atoms with E-state index >= 15 is 0 Å². The van der Waals surface area contributed by atoms with Crippen molar-refractivity contribution in [2.24, 2.45) is 0 Å². The Hall–Kier alpha value is -2.87. The highest BCUT2D eigenvalue weighted by atomic mass is 19.4. The van der Waals surface area contributed by atoms with Gasteiger partial charge in [0.1, 0.15) is 0 Å². The molecule has 1 unspecified atom stereocenters. The van der Waals surface area contributed by atoms with Crippen LogP contribution in [0.4, 0.5) is 13.2 Å². The Morgan fingerprint density at radius 3 is 2.19 bits per heavy atom.